The molecule has 0 aromatic heterocycles. The molecule has 0 saturated heterocycles. The third-order valence-corrected chi connectivity index (χ3v) is 4.93. The van der Waals surface area contributed by atoms with Gasteiger partial charge in [0.15, 0.2) is 0 Å². The van der Waals surface area contributed by atoms with E-state index >= 15 is 0 Å². The van der Waals surface area contributed by atoms with Gasteiger partial charge < -0.3 is 10.4 Å². The molecule has 0 spiro atoms. The highest BCUT2D eigenvalue weighted by atomic mass is 16.4. The van der Waals surface area contributed by atoms with E-state index in [1.807, 2.05) is 12.1 Å². The number of benzene rings is 1. The molecule has 1 amide bonds. The van der Waals surface area contributed by atoms with E-state index in [1.54, 1.807) is 0 Å². The molecule has 1 aromatic carbocycles. The maximum Gasteiger partial charge on any atom is 0.310 e. The van der Waals surface area contributed by atoms with Crippen molar-refractivity contribution in [3.63, 3.8) is 0 Å². The van der Waals surface area contributed by atoms with Crippen molar-refractivity contribution in [3.8, 4) is 0 Å². The zero-order valence-electron chi connectivity index (χ0n) is 12.2. The Kier molecular flexibility index (Phi) is 3.70. The molecule has 2 N–H and O–H groups in total. The molecule has 3 rings (SSSR count). The van der Waals surface area contributed by atoms with Crippen LogP contribution in [0.2, 0.25) is 0 Å². The molecule has 1 aromatic rings. The van der Waals surface area contributed by atoms with Crippen LogP contribution in [0.4, 0.5) is 5.69 Å². The van der Waals surface area contributed by atoms with Crippen LogP contribution >= 0.6 is 0 Å². The first-order valence-corrected chi connectivity index (χ1v) is 7.75. The molecule has 21 heavy (non-hydrogen) atoms. The van der Waals surface area contributed by atoms with Gasteiger partial charge in [-0.25, -0.2) is 0 Å². The average Bonchev–Trinajstić information content (AvgIpc) is 2.43. The van der Waals surface area contributed by atoms with Gasteiger partial charge in [-0.1, -0.05) is 18.6 Å². The van der Waals surface area contributed by atoms with Gasteiger partial charge in [0.2, 0.25) is 5.91 Å². The molecule has 2 aliphatic carbocycles. The van der Waals surface area contributed by atoms with Crippen molar-refractivity contribution in [2.45, 2.75) is 51.4 Å². The van der Waals surface area contributed by atoms with Crippen LogP contribution in [-0.2, 0) is 22.4 Å². The quantitative estimate of drug-likeness (QED) is 0.894. The highest BCUT2D eigenvalue weighted by Gasteiger charge is 2.45. The number of anilines is 1. The van der Waals surface area contributed by atoms with E-state index < -0.39 is 11.4 Å². The van der Waals surface area contributed by atoms with E-state index in [2.05, 4.69) is 11.4 Å². The van der Waals surface area contributed by atoms with Gasteiger partial charge in [0, 0.05) is 12.1 Å². The Morgan fingerprint density at radius 3 is 2.57 bits per heavy atom. The minimum atomic E-state index is -0.834. The normalized spacial score (nSPS) is 19.2. The maximum absolute atomic E-state index is 12.2. The summed E-state index contributed by atoms with van der Waals surface area (Å²) >= 11 is 0. The summed E-state index contributed by atoms with van der Waals surface area (Å²) < 4.78 is 0. The summed E-state index contributed by atoms with van der Waals surface area (Å²) in [4.78, 5) is 23.6. The fourth-order valence-electron chi connectivity index (χ4n) is 3.47. The lowest BCUT2D eigenvalue weighted by Crippen LogP contribution is -2.41. The number of carboxylic acid groups (broad SMARTS) is 1. The standard InChI is InChI=1S/C17H21NO3/c19-15(11-17(16(20)21)9-4-10-17)18-14-8-3-6-12-5-1-2-7-13(12)14/h3,6,8H,1-2,4-5,7,9-11H2,(H,18,19)(H,20,21). The smallest absolute Gasteiger partial charge is 0.310 e. The fraction of sp³-hybridized carbons (Fsp3) is 0.529. The molecular weight excluding hydrogens is 266 g/mol. The van der Waals surface area contributed by atoms with Crippen molar-refractivity contribution in [3.05, 3.63) is 29.3 Å². The van der Waals surface area contributed by atoms with Crippen molar-refractivity contribution < 1.29 is 14.7 Å². The molecular formula is C17H21NO3. The summed E-state index contributed by atoms with van der Waals surface area (Å²) in [6.45, 7) is 0. The first-order chi connectivity index (χ1) is 10.1. The number of rotatable bonds is 4. The molecule has 2 aliphatic rings. The zero-order valence-corrected chi connectivity index (χ0v) is 12.2. The first-order valence-electron chi connectivity index (χ1n) is 7.75. The Balaban J connectivity index is 1.72. The number of nitrogens with one attached hydrogen (secondary N) is 1. The summed E-state index contributed by atoms with van der Waals surface area (Å²) in [7, 11) is 0. The third kappa shape index (κ3) is 2.67. The summed E-state index contributed by atoms with van der Waals surface area (Å²) in [5.41, 5.74) is 2.60. The van der Waals surface area contributed by atoms with E-state index in [1.165, 1.54) is 17.5 Å². The van der Waals surface area contributed by atoms with Gasteiger partial charge in [0.1, 0.15) is 0 Å². The van der Waals surface area contributed by atoms with E-state index in [4.69, 9.17) is 0 Å². The van der Waals surface area contributed by atoms with Gasteiger partial charge >= 0.3 is 5.97 Å². The lowest BCUT2D eigenvalue weighted by Gasteiger charge is -2.37. The SMILES string of the molecule is O=C(CC1(C(=O)O)CCC1)Nc1cccc2c1CCCC2. The summed E-state index contributed by atoms with van der Waals surface area (Å²) in [6, 6.07) is 6.02. The van der Waals surface area contributed by atoms with Crippen LogP contribution < -0.4 is 5.32 Å². The van der Waals surface area contributed by atoms with Crippen molar-refractivity contribution in [2.75, 3.05) is 5.32 Å². The molecule has 0 radical (unpaired) electrons. The first kappa shape index (κ1) is 14.1. The number of carbonyl (C=O) groups excluding carboxylic acids is 1. The highest BCUT2D eigenvalue weighted by Crippen LogP contribution is 2.44. The molecule has 0 atom stereocenters. The molecule has 4 nitrogen and oxygen atoms in total. The van der Waals surface area contributed by atoms with Crippen LogP contribution in [0, 0.1) is 5.41 Å². The monoisotopic (exact) mass is 287 g/mol. The summed E-state index contributed by atoms with van der Waals surface area (Å²) in [5, 5.41) is 12.3. The van der Waals surface area contributed by atoms with Crippen LogP contribution in [-0.4, -0.2) is 17.0 Å². The minimum Gasteiger partial charge on any atom is -0.481 e. The van der Waals surface area contributed by atoms with Gasteiger partial charge in [0.25, 0.3) is 0 Å². The van der Waals surface area contributed by atoms with Crippen LogP contribution in [0.25, 0.3) is 0 Å². The van der Waals surface area contributed by atoms with Crippen molar-refractivity contribution in [1.29, 1.82) is 0 Å². The molecule has 0 aliphatic heterocycles. The second-order valence-corrected chi connectivity index (χ2v) is 6.31. The Hall–Kier alpha value is -1.84. The van der Waals surface area contributed by atoms with Crippen molar-refractivity contribution in [1.82, 2.24) is 0 Å². The predicted octanol–water partition coefficient (Wildman–Crippen LogP) is 3.15. The lowest BCUT2D eigenvalue weighted by molar-refractivity contribution is -0.157. The zero-order chi connectivity index (χ0) is 14.9. The fourth-order valence-corrected chi connectivity index (χ4v) is 3.47. The second-order valence-electron chi connectivity index (χ2n) is 6.31. The van der Waals surface area contributed by atoms with Gasteiger partial charge in [-0.15, -0.1) is 0 Å². The third-order valence-electron chi connectivity index (χ3n) is 4.93. The molecule has 4 heteroatoms. The molecule has 112 valence electrons. The minimum absolute atomic E-state index is 0.0893. The Morgan fingerprint density at radius 2 is 1.90 bits per heavy atom. The van der Waals surface area contributed by atoms with Crippen molar-refractivity contribution >= 4 is 17.6 Å². The summed E-state index contributed by atoms with van der Waals surface area (Å²) in [6.07, 6.45) is 6.64. The average molecular weight is 287 g/mol. The Morgan fingerprint density at radius 1 is 1.14 bits per heavy atom. The predicted molar refractivity (Wildman–Crippen MR) is 80.3 cm³/mol. The van der Waals surface area contributed by atoms with Gasteiger partial charge in [0.05, 0.1) is 5.41 Å². The van der Waals surface area contributed by atoms with Gasteiger partial charge in [-0.2, -0.15) is 0 Å². The molecule has 0 unspecified atom stereocenters. The number of hydrogen-bond donors (Lipinski definition) is 2. The number of carbonyl (C=O) groups is 2. The van der Waals surface area contributed by atoms with Crippen molar-refractivity contribution in [2.24, 2.45) is 5.41 Å². The molecule has 0 bridgehead atoms. The largest absolute Gasteiger partial charge is 0.481 e. The Bertz CT molecular complexity index is 575. The molecule has 1 saturated carbocycles. The van der Waals surface area contributed by atoms with E-state index in [0.717, 1.165) is 31.4 Å². The number of aliphatic carboxylic acids is 1. The number of aryl methyl sites for hydroxylation is 1. The summed E-state index contributed by atoms with van der Waals surface area (Å²) in [5.74, 6) is -1.00. The maximum atomic E-state index is 12.2. The van der Waals surface area contributed by atoms with Crippen LogP contribution in [0.1, 0.15) is 49.7 Å². The van der Waals surface area contributed by atoms with E-state index in [9.17, 15) is 14.7 Å². The number of fused-ring (bicyclic) bond motifs is 1. The van der Waals surface area contributed by atoms with Crippen LogP contribution in [0.5, 0.6) is 0 Å². The molecule has 0 heterocycles. The number of hydrogen-bond acceptors (Lipinski definition) is 2. The van der Waals surface area contributed by atoms with Gasteiger partial charge in [-0.3, -0.25) is 9.59 Å². The number of carboxylic acids is 1. The topological polar surface area (TPSA) is 66.4 Å². The second kappa shape index (κ2) is 5.51. The molecule has 1 fully saturated rings. The van der Waals surface area contributed by atoms with E-state index in [-0.39, 0.29) is 12.3 Å². The van der Waals surface area contributed by atoms with Crippen LogP contribution in [0.15, 0.2) is 18.2 Å². The van der Waals surface area contributed by atoms with Gasteiger partial charge in [-0.05, 0) is 55.7 Å². The van der Waals surface area contributed by atoms with E-state index in [0.29, 0.717) is 12.8 Å². The highest BCUT2D eigenvalue weighted by molar-refractivity contribution is 5.95. The van der Waals surface area contributed by atoms with Crippen LogP contribution in [0.3, 0.4) is 0 Å². The Labute approximate surface area is 124 Å². The lowest BCUT2D eigenvalue weighted by atomic mass is 9.66. The number of amides is 1.